The smallest absolute Gasteiger partial charge is 0.240 e. The lowest BCUT2D eigenvalue weighted by Gasteiger charge is -2.59. The number of benzene rings is 2. The Labute approximate surface area is 199 Å². The Kier molecular flexibility index (Phi) is 6.32. The Hall–Kier alpha value is -2.17. The lowest BCUT2D eigenvalue weighted by atomic mass is 9.55. The van der Waals surface area contributed by atoms with Crippen LogP contribution < -0.4 is 10.6 Å². The standard InChI is InChI=1S/C29H39N3O/c1-4-25-26-23-16-29(31-25,28(33)30-17-22-13-9-6-10-14-22)24(15-21-11-7-5-8-12-21)27(26)32(19-23)18-20(2)3/h5-14,20,23-27,31H,4,15-19H2,1-3H3,(H,30,33). The monoisotopic (exact) mass is 445 g/mol. The van der Waals surface area contributed by atoms with Crippen molar-refractivity contribution in [2.45, 2.75) is 64.2 Å². The van der Waals surface area contributed by atoms with E-state index in [0.29, 0.717) is 36.4 Å². The molecule has 2 N–H and O–H groups in total. The van der Waals surface area contributed by atoms with Gasteiger partial charge in [-0.1, -0.05) is 81.4 Å². The number of rotatable bonds is 8. The third kappa shape index (κ3) is 4.13. The quantitative estimate of drug-likeness (QED) is 0.638. The molecule has 6 rings (SSSR count). The van der Waals surface area contributed by atoms with Crippen molar-refractivity contribution in [2.75, 3.05) is 13.1 Å². The van der Waals surface area contributed by atoms with Gasteiger partial charge in [-0.25, -0.2) is 0 Å². The summed E-state index contributed by atoms with van der Waals surface area (Å²) in [6.45, 7) is 9.79. The van der Waals surface area contributed by atoms with Gasteiger partial charge in [0, 0.05) is 37.6 Å². The topological polar surface area (TPSA) is 44.4 Å². The maximum absolute atomic E-state index is 14.1. The van der Waals surface area contributed by atoms with Crippen molar-refractivity contribution in [3.8, 4) is 0 Å². The fourth-order valence-electron chi connectivity index (χ4n) is 7.27. The molecule has 4 heteroatoms. The molecule has 3 heterocycles. The summed E-state index contributed by atoms with van der Waals surface area (Å²) < 4.78 is 0. The molecule has 0 spiro atoms. The number of amides is 1. The number of piperidine rings is 2. The van der Waals surface area contributed by atoms with Crippen molar-refractivity contribution < 1.29 is 4.79 Å². The summed E-state index contributed by atoms with van der Waals surface area (Å²) >= 11 is 0. The van der Waals surface area contributed by atoms with Gasteiger partial charge in [-0.05, 0) is 48.1 Å². The number of carbonyl (C=O) groups excluding carboxylic acids is 1. The third-order valence-electron chi connectivity index (χ3n) is 8.41. The molecule has 0 aromatic heterocycles. The van der Waals surface area contributed by atoms with Crippen LogP contribution in [-0.4, -0.2) is 41.5 Å². The second-order valence-corrected chi connectivity index (χ2v) is 11.0. The van der Waals surface area contributed by atoms with E-state index in [4.69, 9.17) is 0 Å². The van der Waals surface area contributed by atoms with Crippen LogP contribution >= 0.6 is 0 Å². The lowest BCUT2D eigenvalue weighted by molar-refractivity contribution is -0.142. The highest BCUT2D eigenvalue weighted by Gasteiger charge is 2.67. The Morgan fingerprint density at radius 1 is 1.09 bits per heavy atom. The molecule has 4 fully saturated rings. The molecule has 4 nitrogen and oxygen atoms in total. The van der Waals surface area contributed by atoms with Gasteiger partial charge in [0.1, 0.15) is 5.54 Å². The Morgan fingerprint density at radius 3 is 2.39 bits per heavy atom. The van der Waals surface area contributed by atoms with Crippen molar-refractivity contribution >= 4 is 5.91 Å². The number of hydrogen-bond donors (Lipinski definition) is 2. The molecule has 176 valence electrons. The van der Waals surface area contributed by atoms with Gasteiger partial charge in [-0.3, -0.25) is 15.0 Å². The molecule has 1 saturated carbocycles. The lowest BCUT2D eigenvalue weighted by Crippen LogP contribution is -2.77. The van der Waals surface area contributed by atoms with Gasteiger partial charge >= 0.3 is 0 Å². The molecule has 2 aromatic carbocycles. The minimum atomic E-state index is -0.499. The van der Waals surface area contributed by atoms with Crippen LogP contribution in [0.2, 0.25) is 0 Å². The fourth-order valence-corrected chi connectivity index (χ4v) is 7.27. The molecule has 6 atom stereocenters. The molecule has 3 saturated heterocycles. The van der Waals surface area contributed by atoms with E-state index in [1.807, 2.05) is 18.2 Å². The van der Waals surface area contributed by atoms with Crippen molar-refractivity contribution in [3.05, 3.63) is 71.8 Å². The Morgan fingerprint density at radius 2 is 1.76 bits per heavy atom. The SMILES string of the molecule is CCC1NC2(C(=O)NCc3ccccc3)CC3CN(CC(C)C)C(C31)C2Cc1ccccc1. The predicted molar refractivity (Wildman–Crippen MR) is 134 cm³/mol. The van der Waals surface area contributed by atoms with Crippen LogP contribution in [0.3, 0.4) is 0 Å². The Balaban J connectivity index is 1.49. The van der Waals surface area contributed by atoms with Gasteiger partial charge in [0.25, 0.3) is 0 Å². The second kappa shape index (κ2) is 9.23. The molecule has 4 aliphatic rings. The molecule has 33 heavy (non-hydrogen) atoms. The van der Waals surface area contributed by atoms with Crippen LogP contribution in [0.25, 0.3) is 0 Å². The van der Waals surface area contributed by atoms with E-state index in [2.05, 4.69) is 78.8 Å². The zero-order chi connectivity index (χ0) is 23.0. The Bertz CT molecular complexity index is 946. The summed E-state index contributed by atoms with van der Waals surface area (Å²) in [5.74, 6) is 2.36. The largest absolute Gasteiger partial charge is 0.350 e. The van der Waals surface area contributed by atoms with E-state index < -0.39 is 5.54 Å². The maximum atomic E-state index is 14.1. The fraction of sp³-hybridized carbons (Fsp3) is 0.552. The van der Waals surface area contributed by atoms with Gasteiger partial charge in [0.2, 0.25) is 5.91 Å². The van der Waals surface area contributed by atoms with Crippen molar-refractivity contribution in [1.29, 1.82) is 0 Å². The van der Waals surface area contributed by atoms with E-state index in [0.717, 1.165) is 37.9 Å². The van der Waals surface area contributed by atoms with Gasteiger partial charge in [0.05, 0.1) is 0 Å². The van der Waals surface area contributed by atoms with Crippen molar-refractivity contribution in [2.24, 2.45) is 23.7 Å². The van der Waals surface area contributed by atoms with Crippen LogP contribution in [0.1, 0.15) is 44.7 Å². The zero-order valence-corrected chi connectivity index (χ0v) is 20.3. The summed E-state index contributed by atoms with van der Waals surface area (Å²) in [5, 5.41) is 7.31. The molecule has 6 unspecified atom stereocenters. The first-order valence-corrected chi connectivity index (χ1v) is 12.9. The summed E-state index contributed by atoms with van der Waals surface area (Å²) in [6.07, 6.45) is 2.99. The molecular formula is C29H39N3O. The summed E-state index contributed by atoms with van der Waals surface area (Å²) in [5.41, 5.74) is 2.00. The van der Waals surface area contributed by atoms with Crippen LogP contribution in [0.4, 0.5) is 0 Å². The van der Waals surface area contributed by atoms with Crippen LogP contribution in [0.15, 0.2) is 60.7 Å². The van der Waals surface area contributed by atoms with E-state index in [1.54, 1.807) is 0 Å². The van der Waals surface area contributed by atoms with E-state index >= 15 is 0 Å². The summed E-state index contributed by atoms with van der Waals surface area (Å²) in [6, 6.07) is 22.0. The van der Waals surface area contributed by atoms with Crippen molar-refractivity contribution in [3.63, 3.8) is 0 Å². The number of likely N-dealkylation sites (tertiary alicyclic amines) is 1. The van der Waals surface area contributed by atoms with Crippen LogP contribution in [0, 0.1) is 23.7 Å². The molecule has 1 aliphatic carbocycles. The van der Waals surface area contributed by atoms with E-state index in [-0.39, 0.29) is 11.8 Å². The molecule has 0 radical (unpaired) electrons. The average Bonchev–Trinajstić information content (AvgIpc) is 3.13. The van der Waals surface area contributed by atoms with Gasteiger partial charge in [-0.2, -0.15) is 0 Å². The first kappa shape index (κ1) is 22.6. The molecule has 3 aliphatic heterocycles. The average molecular weight is 446 g/mol. The number of nitrogens with one attached hydrogen (secondary N) is 2. The number of fused-ring (bicyclic) bond motifs is 1. The minimum absolute atomic E-state index is 0.199. The normalized spacial score (nSPS) is 32.9. The van der Waals surface area contributed by atoms with Gasteiger partial charge in [0.15, 0.2) is 0 Å². The van der Waals surface area contributed by atoms with Crippen LogP contribution in [-0.2, 0) is 17.8 Å². The second-order valence-electron chi connectivity index (χ2n) is 11.0. The zero-order valence-electron chi connectivity index (χ0n) is 20.3. The first-order chi connectivity index (χ1) is 16.0. The van der Waals surface area contributed by atoms with E-state index in [1.165, 1.54) is 5.56 Å². The van der Waals surface area contributed by atoms with Gasteiger partial charge < -0.3 is 5.32 Å². The molecule has 1 amide bonds. The minimum Gasteiger partial charge on any atom is -0.350 e. The number of carbonyl (C=O) groups is 1. The van der Waals surface area contributed by atoms with Gasteiger partial charge in [-0.15, -0.1) is 0 Å². The van der Waals surface area contributed by atoms with Crippen LogP contribution in [0.5, 0.6) is 0 Å². The third-order valence-corrected chi connectivity index (χ3v) is 8.41. The highest BCUT2D eigenvalue weighted by molar-refractivity contribution is 5.87. The first-order valence-electron chi connectivity index (χ1n) is 12.9. The molecule has 2 aromatic rings. The maximum Gasteiger partial charge on any atom is 0.240 e. The van der Waals surface area contributed by atoms with E-state index in [9.17, 15) is 4.79 Å². The number of hydrogen-bond acceptors (Lipinski definition) is 3. The molecule has 4 bridgehead atoms. The van der Waals surface area contributed by atoms with Crippen molar-refractivity contribution in [1.82, 2.24) is 15.5 Å². The molecular weight excluding hydrogens is 406 g/mol. The highest BCUT2D eigenvalue weighted by atomic mass is 16.2. The number of nitrogens with zero attached hydrogens (tertiary/aromatic N) is 1. The predicted octanol–water partition coefficient (Wildman–Crippen LogP) is 4.26. The highest BCUT2D eigenvalue weighted by Crippen LogP contribution is 2.55. The summed E-state index contributed by atoms with van der Waals surface area (Å²) in [4.78, 5) is 16.8. The summed E-state index contributed by atoms with van der Waals surface area (Å²) in [7, 11) is 0.